The van der Waals surface area contributed by atoms with Crippen molar-refractivity contribution < 1.29 is 14.3 Å². The van der Waals surface area contributed by atoms with E-state index in [4.69, 9.17) is 42.6 Å². The Morgan fingerprint density at radius 2 is 1.53 bits per heavy atom. The van der Waals surface area contributed by atoms with Crippen molar-refractivity contribution in [2.45, 2.75) is 66.7 Å². The second kappa shape index (κ2) is 17.6. The Morgan fingerprint density at radius 1 is 0.825 bits per heavy atom. The molecule has 0 aliphatic heterocycles. The molecular formula is C47H49Cl2N5O3. The summed E-state index contributed by atoms with van der Waals surface area (Å²) in [6, 6.07) is 26.4. The van der Waals surface area contributed by atoms with Crippen LogP contribution in [0.2, 0.25) is 10.0 Å². The highest BCUT2D eigenvalue weighted by Gasteiger charge is 2.25. The lowest BCUT2D eigenvalue weighted by Gasteiger charge is -2.20. The van der Waals surface area contributed by atoms with E-state index in [1.165, 1.54) is 16.6 Å². The molecule has 4 aromatic carbocycles. The quantitative estimate of drug-likeness (QED) is 0.0716. The number of ether oxygens (including phenoxy) is 2. The van der Waals surface area contributed by atoms with Crippen LogP contribution in [0.25, 0.3) is 32.9 Å². The highest BCUT2D eigenvalue weighted by atomic mass is 35.5. The van der Waals surface area contributed by atoms with Crippen LogP contribution in [0.4, 0.5) is 5.69 Å². The molecule has 0 aliphatic rings. The Kier molecular flexibility index (Phi) is 12.3. The van der Waals surface area contributed by atoms with Gasteiger partial charge in [0.15, 0.2) is 12.1 Å². The first-order chi connectivity index (χ1) is 27.5. The fraction of sp³-hybridized carbons (Fsp3) is 0.298. The summed E-state index contributed by atoms with van der Waals surface area (Å²) in [5, 5.41) is 3.54. The van der Waals surface area contributed by atoms with Gasteiger partial charge >= 0.3 is 0 Å². The first-order valence-electron chi connectivity index (χ1n) is 19.4. The van der Waals surface area contributed by atoms with Crippen LogP contribution in [0, 0.1) is 27.7 Å². The van der Waals surface area contributed by atoms with E-state index in [-0.39, 0.29) is 6.61 Å². The minimum Gasteiger partial charge on any atom is -0.494 e. The van der Waals surface area contributed by atoms with E-state index >= 15 is 0 Å². The summed E-state index contributed by atoms with van der Waals surface area (Å²) in [4.78, 5) is 25.3. The summed E-state index contributed by atoms with van der Waals surface area (Å²) in [7, 11) is 4.21. The standard InChI is InChI=1S/C47H49Cl2N5O3/c1-30-24-35(25-31(2)46(30)49)57-23-12-17-36-37-19-20-39(48)45(44-32(3)50-43(51-33(44)4)29-56-28-34-14-8-7-9-15-34)47(37)54(42(36)27-55)22-13-21-52(5)41-26-53(6)40-18-11-10-16-38(40)41/h7-11,14-16,18-20,24-27H,12-13,17,21-23,28-29H2,1-6H3. The Bertz CT molecular complexity index is 2510. The number of anilines is 1. The summed E-state index contributed by atoms with van der Waals surface area (Å²) in [6.07, 6.45) is 5.32. The van der Waals surface area contributed by atoms with E-state index in [0.717, 1.165) is 85.7 Å². The topological polar surface area (TPSA) is 74.4 Å². The summed E-state index contributed by atoms with van der Waals surface area (Å²) in [5.41, 5.74) is 11.3. The fourth-order valence-electron chi connectivity index (χ4n) is 8.07. The van der Waals surface area contributed by atoms with Gasteiger partial charge in [0.25, 0.3) is 0 Å². The van der Waals surface area contributed by atoms with E-state index < -0.39 is 0 Å². The maximum atomic E-state index is 13.2. The van der Waals surface area contributed by atoms with Gasteiger partial charge in [-0.25, -0.2) is 9.97 Å². The third-order valence-electron chi connectivity index (χ3n) is 10.8. The zero-order chi connectivity index (χ0) is 40.2. The number of carbonyl (C=O) groups is 1. The molecule has 0 unspecified atom stereocenters. The van der Waals surface area contributed by atoms with Crippen molar-refractivity contribution in [3.8, 4) is 16.9 Å². The number of hydrogen-bond donors (Lipinski definition) is 0. The van der Waals surface area contributed by atoms with Crippen molar-refractivity contribution in [1.82, 2.24) is 19.1 Å². The van der Waals surface area contributed by atoms with Gasteiger partial charge in [-0.15, -0.1) is 0 Å². The molecule has 3 heterocycles. The number of halogens is 2. The van der Waals surface area contributed by atoms with Crippen molar-refractivity contribution in [2.75, 3.05) is 25.1 Å². The first kappa shape index (κ1) is 40.1. The number of carbonyl (C=O) groups excluding carboxylic acids is 1. The van der Waals surface area contributed by atoms with Crippen molar-refractivity contribution in [1.29, 1.82) is 0 Å². The second-order valence-electron chi connectivity index (χ2n) is 14.9. The average molecular weight is 803 g/mol. The molecule has 7 aromatic rings. The van der Waals surface area contributed by atoms with Gasteiger partial charge in [0.1, 0.15) is 12.4 Å². The summed E-state index contributed by atoms with van der Waals surface area (Å²) < 4.78 is 16.5. The number of aldehydes is 1. The molecule has 0 radical (unpaired) electrons. The Labute approximate surface area is 345 Å². The van der Waals surface area contributed by atoms with Crippen LogP contribution >= 0.6 is 23.2 Å². The molecule has 57 heavy (non-hydrogen) atoms. The first-order valence-corrected chi connectivity index (χ1v) is 20.2. The molecule has 0 amide bonds. The van der Waals surface area contributed by atoms with Gasteiger partial charge in [0.2, 0.25) is 0 Å². The van der Waals surface area contributed by atoms with E-state index in [1.807, 2.05) is 82.3 Å². The lowest BCUT2D eigenvalue weighted by Crippen LogP contribution is -2.20. The van der Waals surface area contributed by atoms with Crippen LogP contribution in [-0.4, -0.2) is 45.6 Å². The minimum atomic E-state index is 0.284. The third-order valence-corrected chi connectivity index (χ3v) is 11.7. The summed E-state index contributed by atoms with van der Waals surface area (Å²) in [6.45, 7) is 10.6. The van der Waals surface area contributed by atoms with Gasteiger partial charge < -0.3 is 23.5 Å². The highest BCUT2D eigenvalue weighted by Crippen LogP contribution is 2.42. The lowest BCUT2D eigenvalue weighted by molar-refractivity contribution is 0.101. The SMILES string of the molecule is Cc1cc(OCCCc2c(C=O)n(CCCN(C)c3cn(C)c4ccccc34)c3c(-c4c(C)nc(COCc5ccccc5)nc4C)c(Cl)ccc23)cc(C)c1Cl. The predicted molar refractivity (Wildman–Crippen MR) is 233 cm³/mol. The number of nitrogens with zero attached hydrogens (tertiary/aromatic N) is 5. The Hall–Kier alpha value is -5.15. The zero-order valence-electron chi connectivity index (χ0n) is 33.5. The molecule has 0 saturated heterocycles. The highest BCUT2D eigenvalue weighted by molar-refractivity contribution is 6.35. The Balaban J connectivity index is 1.22. The van der Waals surface area contributed by atoms with E-state index in [1.54, 1.807) is 0 Å². The zero-order valence-corrected chi connectivity index (χ0v) is 35.0. The molecule has 3 aromatic heterocycles. The monoisotopic (exact) mass is 801 g/mol. The maximum absolute atomic E-state index is 13.2. The van der Waals surface area contributed by atoms with Crippen molar-refractivity contribution in [2.24, 2.45) is 7.05 Å². The van der Waals surface area contributed by atoms with E-state index in [2.05, 4.69) is 58.6 Å². The molecule has 0 fully saturated rings. The van der Waals surface area contributed by atoms with Crippen LogP contribution in [-0.2, 0) is 38.0 Å². The van der Waals surface area contributed by atoms with Gasteiger partial charge in [-0.3, -0.25) is 4.79 Å². The van der Waals surface area contributed by atoms with Crippen LogP contribution < -0.4 is 9.64 Å². The molecular weight excluding hydrogens is 753 g/mol. The molecule has 0 spiro atoms. The van der Waals surface area contributed by atoms with Gasteiger partial charge in [-0.05, 0) is 93.5 Å². The molecule has 0 N–H and O–H groups in total. The largest absolute Gasteiger partial charge is 0.494 e. The summed E-state index contributed by atoms with van der Waals surface area (Å²) >= 11 is 13.6. The average Bonchev–Trinajstić information content (AvgIpc) is 3.69. The van der Waals surface area contributed by atoms with Crippen LogP contribution in [0.1, 0.15) is 62.8 Å². The number of aryl methyl sites for hydroxylation is 7. The number of para-hydroxylation sites is 1. The van der Waals surface area contributed by atoms with Gasteiger partial charge in [0, 0.05) is 77.2 Å². The van der Waals surface area contributed by atoms with Gasteiger partial charge in [-0.2, -0.15) is 0 Å². The normalized spacial score (nSPS) is 11.5. The lowest BCUT2D eigenvalue weighted by atomic mass is 9.97. The summed E-state index contributed by atoms with van der Waals surface area (Å²) in [5.74, 6) is 1.40. The van der Waals surface area contributed by atoms with Crippen molar-refractivity contribution >= 4 is 57.0 Å². The molecule has 10 heteroatoms. The Morgan fingerprint density at radius 3 is 2.25 bits per heavy atom. The molecule has 8 nitrogen and oxygen atoms in total. The number of aromatic nitrogens is 4. The number of rotatable bonds is 16. The van der Waals surface area contributed by atoms with E-state index in [9.17, 15) is 4.79 Å². The smallest absolute Gasteiger partial charge is 0.166 e. The molecule has 0 saturated carbocycles. The molecule has 7 rings (SSSR count). The van der Waals surface area contributed by atoms with Gasteiger partial charge in [-0.1, -0.05) is 77.8 Å². The third kappa shape index (κ3) is 8.45. The van der Waals surface area contributed by atoms with Crippen LogP contribution in [0.15, 0.2) is 85.1 Å². The molecule has 294 valence electrons. The second-order valence-corrected chi connectivity index (χ2v) is 15.6. The predicted octanol–water partition coefficient (Wildman–Crippen LogP) is 11.2. The number of hydrogen-bond acceptors (Lipinski definition) is 6. The fourth-order valence-corrected chi connectivity index (χ4v) is 8.42. The maximum Gasteiger partial charge on any atom is 0.166 e. The minimum absolute atomic E-state index is 0.284. The van der Waals surface area contributed by atoms with Crippen molar-refractivity contribution in [3.05, 3.63) is 140 Å². The van der Waals surface area contributed by atoms with Gasteiger partial charge in [0.05, 0.1) is 35.1 Å². The van der Waals surface area contributed by atoms with Crippen LogP contribution in [0.5, 0.6) is 5.75 Å². The van der Waals surface area contributed by atoms with Crippen LogP contribution in [0.3, 0.4) is 0 Å². The number of benzene rings is 4. The van der Waals surface area contributed by atoms with Crippen molar-refractivity contribution in [3.63, 3.8) is 0 Å². The number of fused-ring (bicyclic) bond motifs is 2. The van der Waals surface area contributed by atoms with E-state index in [0.29, 0.717) is 49.1 Å². The molecule has 0 aliphatic carbocycles. The molecule has 0 atom stereocenters. The molecule has 0 bridgehead atoms.